The molecule has 1 aliphatic heterocycles. The number of carbonyl (C=O) groups excluding carboxylic acids is 2. The second-order valence-electron chi connectivity index (χ2n) is 6.41. The number of hydrogen-bond acceptors (Lipinski definition) is 5. The molecule has 0 bridgehead atoms. The van der Waals surface area contributed by atoms with Gasteiger partial charge in [-0.15, -0.1) is 0 Å². The van der Waals surface area contributed by atoms with E-state index < -0.39 is 11.7 Å². The first kappa shape index (κ1) is 16.7. The van der Waals surface area contributed by atoms with E-state index in [2.05, 4.69) is 10.3 Å². The number of benzene rings is 1. The smallest absolute Gasteiger partial charge is 0.413 e. The number of ketones is 1. The van der Waals surface area contributed by atoms with Gasteiger partial charge in [0.1, 0.15) is 11.4 Å². The lowest BCUT2D eigenvalue weighted by Crippen LogP contribution is -2.36. The van der Waals surface area contributed by atoms with Crippen LogP contribution < -0.4 is 11.1 Å². The predicted molar refractivity (Wildman–Crippen MR) is 90.6 cm³/mol. The monoisotopic (exact) mass is 315 g/mol. The van der Waals surface area contributed by atoms with Crippen molar-refractivity contribution in [3.05, 3.63) is 29.3 Å². The molecule has 122 valence electrons. The largest absolute Gasteiger partial charge is 0.444 e. The molecule has 0 aromatic heterocycles. The summed E-state index contributed by atoms with van der Waals surface area (Å²) in [7, 11) is 0. The van der Waals surface area contributed by atoms with Crippen molar-refractivity contribution in [2.75, 3.05) is 5.73 Å². The third-order valence-electron chi connectivity index (χ3n) is 3.09. The first-order valence-corrected chi connectivity index (χ1v) is 7.32. The number of fused-ring (bicyclic) bond motifs is 1. The summed E-state index contributed by atoms with van der Waals surface area (Å²) in [6.07, 6.45) is 1.39. The van der Waals surface area contributed by atoms with Crippen LogP contribution in [0.2, 0.25) is 0 Å². The van der Waals surface area contributed by atoms with Crippen LogP contribution in [0.15, 0.2) is 28.8 Å². The molecule has 3 N–H and O–H groups in total. The zero-order valence-electron chi connectivity index (χ0n) is 13.8. The maximum atomic E-state index is 12.0. The van der Waals surface area contributed by atoms with E-state index in [0.717, 1.165) is 5.56 Å². The van der Waals surface area contributed by atoms with Crippen molar-refractivity contribution < 1.29 is 14.3 Å². The Hall–Kier alpha value is -2.63. The maximum Gasteiger partial charge on any atom is 0.413 e. The summed E-state index contributed by atoms with van der Waals surface area (Å²) >= 11 is 0. The van der Waals surface area contributed by atoms with Crippen molar-refractivity contribution in [1.29, 1.82) is 0 Å². The van der Waals surface area contributed by atoms with Gasteiger partial charge >= 0.3 is 6.09 Å². The molecule has 1 aromatic carbocycles. The molecule has 0 spiro atoms. The lowest BCUT2D eigenvalue weighted by molar-refractivity contribution is -0.113. The molecule has 0 aliphatic carbocycles. The van der Waals surface area contributed by atoms with Crippen LogP contribution in [-0.4, -0.2) is 23.3 Å². The van der Waals surface area contributed by atoms with Gasteiger partial charge in [0, 0.05) is 23.2 Å². The molecule has 6 heteroatoms. The fourth-order valence-corrected chi connectivity index (χ4v) is 2.10. The SMILES string of the molecule is CC(=O)C1=Cc2ccc(N)cc2N=C(NC(=O)OC(C)(C)C)C1. The molecule has 0 saturated heterocycles. The second kappa shape index (κ2) is 6.24. The van der Waals surface area contributed by atoms with E-state index >= 15 is 0 Å². The fourth-order valence-electron chi connectivity index (χ4n) is 2.10. The van der Waals surface area contributed by atoms with Crippen molar-refractivity contribution in [1.82, 2.24) is 5.32 Å². The minimum absolute atomic E-state index is 0.0756. The molecule has 1 heterocycles. The van der Waals surface area contributed by atoms with Crippen LogP contribution in [-0.2, 0) is 9.53 Å². The Morgan fingerprint density at radius 1 is 1.30 bits per heavy atom. The van der Waals surface area contributed by atoms with Gasteiger partial charge in [0.05, 0.1) is 5.69 Å². The molecule has 23 heavy (non-hydrogen) atoms. The van der Waals surface area contributed by atoms with Gasteiger partial charge in [0.25, 0.3) is 0 Å². The maximum absolute atomic E-state index is 12.0. The van der Waals surface area contributed by atoms with Crippen LogP contribution in [0.3, 0.4) is 0 Å². The number of Topliss-reactive ketones (excluding diaryl/α,β-unsaturated/α-hetero) is 1. The highest BCUT2D eigenvalue weighted by Crippen LogP contribution is 2.29. The summed E-state index contributed by atoms with van der Waals surface area (Å²) in [4.78, 5) is 28.2. The van der Waals surface area contributed by atoms with Gasteiger partial charge in [-0.2, -0.15) is 0 Å². The zero-order chi connectivity index (χ0) is 17.2. The number of aliphatic imine (C=N–C) groups is 1. The van der Waals surface area contributed by atoms with Gasteiger partial charge in [0.2, 0.25) is 0 Å². The summed E-state index contributed by atoms with van der Waals surface area (Å²) < 4.78 is 5.23. The van der Waals surface area contributed by atoms with Gasteiger partial charge in [0.15, 0.2) is 5.78 Å². The van der Waals surface area contributed by atoms with Crippen molar-refractivity contribution in [2.24, 2.45) is 4.99 Å². The number of nitrogens with two attached hydrogens (primary N) is 1. The summed E-state index contributed by atoms with van der Waals surface area (Å²) in [5.41, 5.74) is 7.68. The number of amidine groups is 1. The first-order chi connectivity index (χ1) is 10.6. The summed E-state index contributed by atoms with van der Waals surface area (Å²) in [6, 6.07) is 5.24. The number of ether oxygens (including phenoxy) is 1. The average Bonchev–Trinajstić information content (AvgIpc) is 2.54. The third-order valence-corrected chi connectivity index (χ3v) is 3.09. The van der Waals surface area contributed by atoms with Crippen molar-refractivity contribution in [2.45, 2.75) is 39.7 Å². The van der Waals surface area contributed by atoms with E-state index in [9.17, 15) is 9.59 Å². The number of hydrogen-bond donors (Lipinski definition) is 2. The summed E-state index contributed by atoms with van der Waals surface area (Å²) in [5.74, 6) is 0.276. The third kappa shape index (κ3) is 4.67. The number of nitrogens with one attached hydrogen (secondary N) is 1. The number of carbonyl (C=O) groups is 2. The van der Waals surface area contributed by atoms with Crippen LogP contribution in [0.1, 0.15) is 39.7 Å². The van der Waals surface area contributed by atoms with Crippen LogP contribution in [0.5, 0.6) is 0 Å². The van der Waals surface area contributed by atoms with E-state index in [0.29, 0.717) is 22.8 Å². The van der Waals surface area contributed by atoms with E-state index in [-0.39, 0.29) is 12.2 Å². The van der Waals surface area contributed by atoms with Crippen LogP contribution >= 0.6 is 0 Å². The Bertz CT molecular complexity index is 712. The number of nitrogen functional groups attached to an aromatic ring is 1. The molecule has 0 unspecified atom stereocenters. The van der Waals surface area contributed by atoms with Crippen LogP contribution in [0.4, 0.5) is 16.2 Å². The molecule has 1 amide bonds. The first-order valence-electron chi connectivity index (χ1n) is 7.32. The quantitative estimate of drug-likeness (QED) is 0.778. The fraction of sp³-hybridized carbons (Fsp3) is 0.353. The number of alkyl carbamates (subject to hydrolysis) is 1. The lowest BCUT2D eigenvalue weighted by Gasteiger charge is -2.20. The van der Waals surface area contributed by atoms with Crippen LogP contribution in [0.25, 0.3) is 6.08 Å². The Balaban J connectivity index is 2.34. The molecule has 6 nitrogen and oxygen atoms in total. The Morgan fingerprint density at radius 3 is 2.61 bits per heavy atom. The molecule has 0 radical (unpaired) electrons. The Kier molecular flexibility index (Phi) is 4.54. The van der Waals surface area contributed by atoms with Crippen molar-refractivity contribution >= 4 is 35.2 Å². The van der Waals surface area contributed by atoms with Crippen molar-refractivity contribution in [3.8, 4) is 0 Å². The van der Waals surface area contributed by atoms with E-state index in [1.807, 2.05) is 0 Å². The molecule has 1 aromatic rings. The summed E-state index contributed by atoms with van der Waals surface area (Å²) in [6.45, 7) is 6.81. The van der Waals surface area contributed by atoms with Crippen molar-refractivity contribution in [3.63, 3.8) is 0 Å². The number of anilines is 1. The minimum atomic E-state index is -0.614. The Labute approximate surface area is 135 Å². The van der Waals surface area contributed by atoms with Gasteiger partial charge < -0.3 is 10.5 Å². The van der Waals surface area contributed by atoms with E-state index in [1.54, 1.807) is 45.0 Å². The topological polar surface area (TPSA) is 93.8 Å². The zero-order valence-corrected chi connectivity index (χ0v) is 13.8. The lowest BCUT2D eigenvalue weighted by atomic mass is 10.0. The standard InChI is InChI=1S/C17H21N3O3/c1-10(21)12-7-11-5-6-13(18)9-14(11)19-15(8-12)20-16(22)23-17(2,3)4/h5-7,9H,8,18H2,1-4H3,(H,19,20,22). The molecular weight excluding hydrogens is 294 g/mol. The normalized spacial score (nSPS) is 14.1. The molecule has 1 aliphatic rings. The van der Waals surface area contributed by atoms with E-state index in [4.69, 9.17) is 10.5 Å². The van der Waals surface area contributed by atoms with Gasteiger partial charge in [-0.3, -0.25) is 10.1 Å². The Morgan fingerprint density at radius 2 is 2.00 bits per heavy atom. The predicted octanol–water partition coefficient (Wildman–Crippen LogP) is 3.20. The summed E-state index contributed by atoms with van der Waals surface area (Å²) in [5, 5.41) is 2.62. The number of rotatable bonds is 1. The molecular formula is C17H21N3O3. The molecule has 0 saturated carbocycles. The highest BCUT2D eigenvalue weighted by molar-refractivity contribution is 6.08. The molecule has 0 fully saturated rings. The van der Waals surface area contributed by atoms with Crippen LogP contribution in [0, 0.1) is 0 Å². The van der Waals surface area contributed by atoms with E-state index in [1.165, 1.54) is 6.92 Å². The van der Waals surface area contributed by atoms with Gasteiger partial charge in [-0.25, -0.2) is 9.79 Å². The highest BCUT2D eigenvalue weighted by Gasteiger charge is 2.20. The minimum Gasteiger partial charge on any atom is -0.444 e. The average molecular weight is 315 g/mol. The highest BCUT2D eigenvalue weighted by atomic mass is 16.6. The second-order valence-corrected chi connectivity index (χ2v) is 6.41. The molecule has 2 rings (SSSR count). The number of amides is 1. The molecule has 0 atom stereocenters. The number of nitrogens with zero attached hydrogens (tertiary/aromatic N) is 1. The van der Waals surface area contributed by atoms with Gasteiger partial charge in [-0.1, -0.05) is 6.07 Å². The van der Waals surface area contributed by atoms with Gasteiger partial charge in [-0.05, 0) is 45.9 Å².